The van der Waals surface area contributed by atoms with Crippen LogP contribution in [0.4, 0.5) is 0 Å². The van der Waals surface area contributed by atoms with E-state index in [2.05, 4.69) is 56.3 Å². The first kappa shape index (κ1) is 12.3. The predicted molar refractivity (Wildman–Crippen MR) is 67.1 cm³/mol. The molecule has 0 amide bonds. The maximum absolute atomic E-state index is 2.35. The molecule has 0 bridgehead atoms. The van der Waals surface area contributed by atoms with Crippen LogP contribution in [-0.4, -0.2) is 25.5 Å². The first-order valence-electron chi connectivity index (χ1n) is 5.87. The Morgan fingerprint density at radius 1 is 1.13 bits per heavy atom. The van der Waals surface area contributed by atoms with Crippen LogP contribution in [0.15, 0.2) is 30.3 Å². The zero-order chi connectivity index (χ0) is 11.1. The normalized spacial score (nSPS) is 13.1. The minimum absolute atomic E-state index is 0.798. The van der Waals surface area contributed by atoms with Crippen LogP contribution in [-0.2, 0) is 6.42 Å². The molecule has 0 spiro atoms. The van der Waals surface area contributed by atoms with Crippen LogP contribution < -0.4 is 0 Å². The van der Waals surface area contributed by atoms with Crippen molar-refractivity contribution in [3.05, 3.63) is 35.9 Å². The lowest BCUT2D eigenvalue weighted by Crippen LogP contribution is -2.14. The van der Waals surface area contributed by atoms with Crippen molar-refractivity contribution < 1.29 is 0 Å². The molecule has 0 aliphatic carbocycles. The largest absolute Gasteiger partial charge is 0.309 e. The van der Waals surface area contributed by atoms with Crippen LogP contribution in [0.5, 0.6) is 0 Å². The van der Waals surface area contributed by atoms with Crippen LogP contribution in [0.25, 0.3) is 0 Å². The summed E-state index contributed by atoms with van der Waals surface area (Å²) in [6.45, 7) is 3.56. The fraction of sp³-hybridized carbons (Fsp3) is 0.571. The summed E-state index contributed by atoms with van der Waals surface area (Å²) in [6, 6.07) is 10.8. The van der Waals surface area contributed by atoms with Gasteiger partial charge in [-0.2, -0.15) is 0 Å². The molecule has 1 heteroatoms. The van der Waals surface area contributed by atoms with Crippen molar-refractivity contribution in [1.29, 1.82) is 0 Å². The number of hydrogen-bond donors (Lipinski definition) is 0. The van der Waals surface area contributed by atoms with Gasteiger partial charge in [-0.1, -0.05) is 37.3 Å². The Balaban J connectivity index is 2.21. The monoisotopic (exact) mass is 205 g/mol. The second-order valence-corrected chi connectivity index (χ2v) is 4.74. The van der Waals surface area contributed by atoms with E-state index in [4.69, 9.17) is 0 Å². The Bertz CT molecular complexity index is 253. The molecule has 1 unspecified atom stereocenters. The summed E-state index contributed by atoms with van der Waals surface area (Å²) in [5, 5.41) is 0. The first-order valence-corrected chi connectivity index (χ1v) is 5.87. The van der Waals surface area contributed by atoms with Crippen LogP contribution >= 0.6 is 0 Å². The van der Waals surface area contributed by atoms with Crippen molar-refractivity contribution in [2.24, 2.45) is 5.92 Å². The van der Waals surface area contributed by atoms with Gasteiger partial charge in [-0.3, -0.25) is 0 Å². The van der Waals surface area contributed by atoms with E-state index in [9.17, 15) is 0 Å². The number of benzene rings is 1. The molecule has 0 fully saturated rings. The summed E-state index contributed by atoms with van der Waals surface area (Å²) < 4.78 is 0. The van der Waals surface area contributed by atoms with Gasteiger partial charge in [0.15, 0.2) is 0 Å². The molecular formula is C14H23N. The lowest BCUT2D eigenvalue weighted by molar-refractivity contribution is 0.372. The van der Waals surface area contributed by atoms with E-state index >= 15 is 0 Å². The molecule has 1 rings (SSSR count). The van der Waals surface area contributed by atoms with Crippen molar-refractivity contribution in [3.8, 4) is 0 Å². The molecule has 0 aliphatic rings. The Morgan fingerprint density at radius 3 is 2.40 bits per heavy atom. The Labute approximate surface area is 94.1 Å². The molecule has 0 heterocycles. The van der Waals surface area contributed by atoms with Crippen molar-refractivity contribution in [2.45, 2.75) is 26.2 Å². The molecule has 0 N–H and O–H groups in total. The van der Waals surface area contributed by atoms with Crippen LogP contribution in [0, 0.1) is 5.92 Å². The average molecular weight is 205 g/mol. The smallest absolute Gasteiger partial charge is 0.00247 e. The van der Waals surface area contributed by atoms with Gasteiger partial charge in [0, 0.05) is 0 Å². The first-order chi connectivity index (χ1) is 7.18. The molecule has 1 aromatic rings. The van der Waals surface area contributed by atoms with Gasteiger partial charge in [0.05, 0.1) is 0 Å². The molecule has 0 aliphatic heterocycles. The molecule has 15 heavy (non-hydrogen) atoms. The van der Waals surface area contributed by atoms with Crippen LogP contribution in [0.2, 0.25) is 0 Å². The fourth-order valence-corrected chi connectivity index (χ4v) is 1.87. The number of nitrogens with zero attached hydrogens (tertiary/aromatic N) is 1. The molecule has 0 radical (unpaired) electrons. The van der Waals surface area contributed by atoms with E-state index in [-0.39, 0.29) is 0 Å². The molecule has 0 saturated carbocycles. The molecule has 84 valence electrons. The fourth-order valence-electron chi connectivity index (χ4n) is 1.87. The third kappa shape index (κ3) is 5.58. The average Bonchev–Trinajstić information content (AvgIpc) is 2.18. The minimum atomic E-state index is 0.798. The lowest BCUT2D eigenvalue weighted by atomic mass is 9.97. The molecule has 1 atom stereocenters. The Morgan fingerprint density at radius 2 is 1.80 bits per heavy atom. The molecule has 0 aromatic heterocycles. The molecular weight excluding hydrogens is 182 g/mol. The SMILES string of the molecule is CC(CCCN(C)C)Cc1ccccc1. The van der Waals surface area contributed by atoms with E-state index in [1.807, 2.05) is 0 Å². The highest BCUT2D eigenvalue weighted by atomic mass is 15.0. The summed E-state index contributed by atoms with van der Waals surface area (Å²) in [6.07, 6.45) is 3.85. The summed E-state index contributed by atoms with van der Waals surface area (Å²) in [7, 11) is 4.28. The Kier molecular flexibility index (Phi) is 5.41. The molecule has 1 aromatic carbocycles. The van der Waals surface area contributed by atoms with Crippen LogP contribution in [0.3, 0.4) is 0 Å². The maximum atomic E-state index is 2.35. The van der Waals surface area contributed by atoms with E-state index in [0.717, 1.165) is 5.92 Å². The van der Waals surface area contributed by atoms with Gasteiger partial charge in [0.2, 0.25) is 0 Å². The van der Waals surface area contributed by atoms with Crippen molar-refractivity contribution in [2.75, 3.05) is 20.6 Å². The summed E-state index contributed by atoms with van der Waals surface area (Å²) >= 11 is 0. The van der Waals surface area contributed by atoms with Crippen molar-refractivity contribution in [1.82, 2.24) is 4.90 Å². The zero-order valence-electron chi connectivity index (χ0n) is 10.2. The van der Waals surface area contributed by atoms with E-state index in [1.165, 1.54) is 31.4 Å². The second-order valence-electron chi connectivity index (χ2n) is 4.74. The van der Waals surface area contributed by atoms with Gasteiger partial charge in [-0.25, -0.2) is 0 Å². The van der Waals surface area contributed by atoms with Crippen molar-refractivity contribution >= 4 is 0 Å². The van der Waals surface area contributed by atoms with E-state index in [1.54, 1.807) is 0 Å². The van der Waals surface area contributed by atoms with Gasteiger partial charge >= 0.3 is 0 Å². The minimum Gasteiger partial charge on any atom is -0.309 e. The lowest BCUT2D eigenvalue weighted by Gasteiger charge is -2.13. The standard InChI is InChI=1S/C14H23N/c1-13(8-7-11-15(2)3)12-14-9-5-4-6-10-14/h4-6,9-10,13H,7-8,11-12H2,1-3H3. The topological polar surface area (TPSA) is 3.24 Å². The highest BCUT2D eigenvalue weighted by Gasteiger charge is 2.03. The van der Waals surface area contributed by atoms with E-state index < -0.39 is 0 Å². The highest BCUT2D eigenvalue weighted by Crippen LogP contribution is 2.13. The predicted octanol–water partition coefficient (Wildman–Crippen LogP) is 3.21. The third-order valence-electron chi connectivity index (χ3n) is 2.73. The summed E-state index contributed by atoms with van der Waals surface area (Å²) in [5.74, 6) is 0.798. The van der Waals surface area contributed by atoms with Crippen LogP contribution in [0.1, 0.15) is 25.3 Å². The number of rotatable bonds is 6. The van der Waals surface area contributed by atoms with Gasteiger partial charge < -0.3 is 4.90 Å². The molecule has 0 saturated heterocycles. The molecule has 1 nitrogen and oxygen atoms in total. The summed E-state index contributed by atoms with van der Waals surface area (Å²) in [5.41, 5.74) is 1.47. The number of hydrogen-bond acceptors (Lipinski definition) is 1. The van der Waals surface area contributed by atoms with Gasteiger partial charge in [-0.05, 0) is 51.4 Å². The van der Waals surface area contributed by atoms with Gasteiger partial charge in [0.25, 0.3) is 0 Å². The Hall–Kier alpha value is -0.820. The van der Waals surface area contributed by atoms with E-state index in [0.29, 0.717) is 0 Å². The third-order valence-corrected chi connectivity index (χ3v) is 2.73. The maximum Gasteiger partial charge on any atom is -0.00247 e. The quantitative estimate of drug-likeness (QED) is 0.689. The van der Waals surface area contributed by atoms with Gasteiger partial charge in [-0.15, -0.1) is 0 Å². The van der Waals surface area contributed by atoms with Crippen molar-refractivity contribution in [3.63, 3.8) is 0 Å². The van der Waals surface area contributed by atoms with Gasteiger partial charge in [0.1, 0.15) is 0 Å². The zero-order valence-corrected chi connectivity index (χ0v) is 10.2. The second kappa shape index (κ2) is 6.62. The highest BCUT2D eigenvalue weighted by molar-refractivity contribution is 5.14. The summed E-state index contributed by atoms with van der Waals surface area (Å²) in [4.78, 5) is 2.26.